The van der Waals surface area contributed by atoms with Crippen molar-refractivity contribution in [2.45, 2.75) is 39.5 Å². The molecule has 2 heterocycles. The van der Waals surface area contributed by atoms with Gasteiger partial charge in [0.25, 0.3) is 0 Å². The Hall–Kier alpha value is -1.77. The lowest BCUT2D eigenvalue weighted by Gasteiger charge is -2.09. The summed E-state index contributed by atoms with van der Waals surface area (Å²) < 4.78 is 2.10. The third-order valence-corrected chi connectivity index (χ3v) is 3.84. The predicted molar refractivity (Wildman–Crippen MR) is 79.1 cm³/mol. The molecule has 2 aromatic rings. The van der Waals surface area contributed by atoms with Crippen LogP contribution in [-0.4, -0.2) is 16.3 Å². The smallest absolute Gasteiger partial charge is 0.133 e. The predicted octanol–water partition coefficient (Wildman–Crippen LogP) is 3.49. The number of hydrogen-bond acceptors (Lipinski definition) is 2. The largest absolute Gasteiger partial charge is 0.369 e. The van der Waals surface area contributed by atoms with Crippen LogP contribution in [0, 0.1) is 6.92 Å². The number of para-hydroxylation sites is 1. The molecule has 1 aromatic heterocycles. The molecular weight excluding hydrogens is 234 g/mol. The summed E-state index contributed by atoms with van der Waals surface area (Å²) in [6, 6.07) is 8.45. The van der Waals surface area contributed by atoms with Gasteiger partial charge in [-0.15, -0.1) is 0 Å². The lowest BCUT2D eigenvalue weighted by molar-refractivity contribution is 0.743. The monoisotopic (exact) mass is 255 g/mol. The average Bonchev–Trinajstić information content (AvgIpc) is 3.00. The lowest BCUT2D eigenvalue weighted by Crippen LogP contribution is -2.06. The zero-order valence-corrected chi connectivity index (χ0v) is 11.7. The molecule has 0 aliphatic carbocycles. The van der Waals surface area contributed by atoms with E-state index < -0.39 is 0 Å². The van der Waals surface area contributed by atoms with Gasteiger partial charge in [0.1, 0.15) is 5.82 Å². The first-order valence-electron chi connectivity index (χ1n) is 7.22. The molecule has 1 N–H and O–H groups in total. The summed E-state index contributed by atoms with van der Waals surface area (Å²) in [4.78, 5) is 0. The van der Waals surface area contributed by atoms with Crippen LogP contribution >= 0.6 is 0 Å². The van der Waals surface area contributed by atoms with Crippen molar-refractivity contribution < 1.29 is 0 Å². The fourth-order valence-corrected chi connectivity index (χ4v) is 2.77. The number of hydrogen-bond donors (Lipinski definition) is 1. The Labute approximate surface area is 114 Å². The summed E-state index contributed by atoms with van der Waals surface area (Å²) in [7, 11) is 0. The van der Waals surface area contributed by atoms with Gasteiger partial charge in [-0.25, -0.2) is 4.68 Å². The van der Waals surface area contributed by atoms with Crippen molar-refractivity contribution >= 4 is 5.82 Å². The van der Waals surface area contributed by atoms with Crippen LogP contribution in [0.15, 0.2) is 24.3 Å². The summed E-state index contributed by atoms with van der Waals surface area (Å²) in [5.41, 5.74) is 5.17. The average molecular weight is 255 g/mol. The molecule has 0 bridgehead atoms. The number of nitrogens with zero attached hydrogens (tertiary/aromatic N) is 2. The summed E-state index contributed by atoms with van der Waals surface area (Å²) in [5.74, 6) is 1.21. The minimum Gasteiger partial charge on any atom is -0.369 e. The lowest BCUT2D eigenvalue weighted by atomic mass is 10.1. The zero-order chi connectivity index (χ0) is 13.2. The molecule has 0 saturated heterocycles. The Kier molecular flexibility index (Phi) is 3.28. The zero-order valence-electron chi connectivity index (χ0n) is 11.7. The highest BCUT2D eigenvalue weighted by atomic mass is 15.3. The number of rotatable bonds is 4. The van der Waals surface area contributed by atoms with Gasteiger partial charge in [-0.2, -0.15) is 5.10 Å². The number of aryl methyl sites for hydroxylation is 2. The van der Waals surface area contributed by atoms with Crippen LogP contribution in [0.2, 0.25) is 0 Å². The molecule has 1 aliphatic rings. The number of unbranched alkanes of at least 4 members (excludes halogenated alkanes) is 1. The van der Waals surface area contributed by atoms with Gasteiger partial charge in [-0.3, -0.25) is 0 Å². The van der Waals surface area contributed by atoms with Gasteiger partial charge in [0.05, 0.1) is 11.4 Å². The van der Waals surface area contributed by atoms with Crippen molar-refractivity contribution in [2.24, 2.45) is 0 Å². The highest BCUT2D eigenvalue weighted by molar-refractivity contribution is 5.58. The summed E-state index contributed by atoms with van der Waals surface area (Å²) in [5, 5.41) is 8.35. The second-order valence-electron chi connectivity index (χ2n) is 5.25. The molecule has 19 heavy (non-hydrogen) atoms. The number of aromatic nitrogens is 2. The Balaban J connectivity index is 2.05. The van der Waals surface area contributed by atoms with Crippen LogP contribution in [0.3, 0.4) is 0 Å². The second-order valence-corrected chi connectivity index (χ2v) is 5.25. The number of benzene rings is 1. The van der Waals surface area contributed by atoms with E-state index in [0.29, 0.717) is 0 Å². The van der Waals surface area contributed by atoms with E-state index in [0.717, 1.165) is 19.4 Å². The van der Waals surface area contributed by atoms with E-state index in [-0.39, 0.29) is 0 Å². The molecule has 3 rings (SSSR count). The second kappa shape index (κ2) is 5.08. The molecule has 0 saturated carbocycles. The van der Waals surface area contributed by atoms with E-state index >= 15 is 0 Å². The number of fused-ring (bicyclic) bond motifs is 1. The molecule has 0 radical (unpaired) electrons. The Bertz CT molecular complexity index is 584. The molecule has 0 fully saturated rings. The molecule has 0 amide bonds. The molecule has 3 nitrogen and oxygen atoms in total. The number of anilines is 1. The van der Waals surface area contributed by atoms with Gasteiger partial charge in [-0.05, 0) is 37.8 Å². The maximum Gasteiger partial charge on any atom is 0.133 e. The molecule has 0 spiro atoms. The minimum absolute atomic E-state index is 1.04. The molecule has 1 aliphatic heterocycles. The summed E-state index contributed by atoms with van der Waals surface area (Å²) in [6.07, 6.45) is 4.65. The Morgan fingerprint density at radius 1 is 1.32 bits per heavy atom. The quantitative estimate of drug-likeness (QED) is 0.906. The highest BCUT2D eigenvalue weighted by Gasteiger charge is 2.22. The maximum atomic E-state index is 4.85. The van der Waals surface area contributed by atoms with Crippen LogP contribution in [0.4, 0.5) is 5.82 Å². The molecule has 0 unspecified atom stereocenters. The highest BCUT2D eigenvalue weighted by Crippen LogP contribution is 2.30. The van der Waals surface area contributed by atoms with E-state index in [1.165, 1.54) is 41.2 Å². The molecule has 3 heteroatoms. The first-order valence-corrected chi connectivity index (χ1v) is 7.22. The first-order chi connectivity index (χ1) is 9.31. The summed E-state index contributed by atoms with van der Waals surface area (Å²) in [6.45, 7) is 5.42. The van der Waals surface area contributed by atoms with E-state index in [1.807, 2.05) is 0 Å². The first kappa shape index (κ1) is 12.3. The van der Waals surface area contributed by atoms with Crippen LogP contribution in [0.5, 0.6) is 0 Å². The van der Waals surface area contributed by atoms with Crippen LogP contribution < -0.4 is 5.32 Å². The molecular formula is C16H21N3. The molecule has 0 atom stereocenters. The van der Waals surface area contributed by atoms with Crippen molar-refractivity contribution in [1.29, 1.82) is 0 Å². The molecule has 100 valence electrons. The SMILES string of the molecule is CCCCc1nn(-c2ccccc2C)c2c1CCN2. The van der Waals surface area contributed by atoms with Gasteiger partial charge < -0.3 is 5.32 Å². The fourth-order valence-electron chi connectivity index (χ4n) is 2.77. The van der Waals surface area contributed by atoms with Crippen molar-refractivity contribution in [3.8, 4) is 5.69 Å². The Morgan fingerprint density at radius 3 is 2.95 bits per heavy atom. The Morgan fingerprint density at radius 2 is 2.16 bits per heavy atom. The van der Waals surface area contributed by atoms with E-state index in [4.69, 9.17) is 5.10 Å². The third kappa shape index (κ3) is 2.14. The molecule has 1 aromatic carbocycles. The van der Waals surface area contributed by atoms with Crippen LogP contribution in [0.25, 0.3) is 5.69 Å². The van der Waals surface area contributed by atoms with Gasteiger partial charge >= 0.3 is 0 Å². The van der Waals surface area contributed by atoms with E-state index in [9.17, 15) is 0 Å². The number of nitrogens with one attached hydrogen (secondary N) is 1. The normalized spacial score (nSPS) is 13.4. The van der Waals surface area contributed by atoms with Crippen molar-refractivity contribution in [3.05, 3.63) is 41.1 Å². The minimum atomic E-state index is 1.04. The van der Waals surface area contributed by atoms with Crippen molar-refractivity contribution in [2.75, 3.05) is 11.9 Å². The van der Waals surface area contributed by atoms with Gasteiger partial charge in [0.2, 0.25) is 0 Å². The van der Waals surface area contributed by atoms with Crippen LogP contribution in [0.1, 0.15) is 36.6 Å². The summed E-state index contributed by atoms with van der Waals surface area (Å²) >= 11 is 0. The van der Waals surface area contributed by atoms with Gasteiger partial charge in [-0.1, -0.05) is 31.5 Å². The van der Waals surface area contributed by atoms with Gasteiger partial charge in [0.15, 0.2) is 0 Å². The van der Waals surface area contributed by atoms with E-state index in [2.05, 4.69) is 48.1 Å². The van der Waals surface area contributed by atoms with Gasteiger partial charge in [0, 0.05) is 12.1 Å². The van der Waals surface area contributed by atoms with Crippen LogP contribution in [-0.2, 0) is 12.8 Å². The maximum absolute atomic E-state index is 4.85. The fraction of sp³-hybridized carbons (Fsp3) is 0.438. The standard InChI is InChI=1S/C16H21N3/c1-3-4-8-14-13-10-11-17-16(13)19(18-14)15-9-6-5-7-12(15)2/h5-7,9,17H,3-4,8,10-11H2,1-2H3. The topological polar surface area (TPSA) is 29.9 Å². The van der Waals surface area contributed by atoms with E-state index in [1.54, 1.807) is 0 Å². The third-order valence-electron chi connectivity index (χ3n) is 3.84. The van der Waals surface area contributed by atoms with Crippen molar-refractivity contribution in [3.63, 3.8) is 0 Å². The van der Waals surface area contributed by atoms with Crippen molar-refractivity contribution in [1.82, 2.24) is 9.78 Å².